The average Bonchev–Trinajstić information content (AvgIpc) is 3.55. The van der Waals surface area contributed by atoms with Crippen LogP contribution in [0.1, 0.15) is 111 Å². The van der Waals surface area contributed by atoms with E-state index in [1.54, 1.807) is 0 Å². The van der Waals surface area contributed by atoms with E-state index < -0.39 is 0 Å². The number of rotatable bonds is 3. The van der Waals surface area contributed by atoms with Crippen molar-refractivity contribution in [2.75, 3.05) is 4.90 Å². The third-order valence-electron chi connectivity index (χ3n) is 14.2. The number of pyridine rings is 1. The highest BCUT2D eigenvalue weighted by molar-refractivity contribution is 7.00. The Bertz CT molecular complexity index is 3170. The van der Waals surface area contributed by atoms with Crippen LogP contribution >= 0.6 is 0 Å². The number of fused-ring (bicyclic) bond motifs is 7. The minimum Gasteiger partial charge on any atom is -0.311 e. The van der Waals surface area contributed by atoms with Crippen molar-refractivity contribution in [3.05, 3.63) is 155 Å². The Labute approximate surface area is 376 Å². The summed E-state index contributed by atoms with van der Waals surface area (Å²) < 4.78 is 4.90. The summed E-state index contributed by atoms with van der Waals surface area (Å²) >= 11 is 0. The van der Waals surface area contributed by atoms with Gasteiger partial charge in [-0.2, -0.15) is 0 Å². The molecule has 2 aromatic heterocycles. The zero-order chi connectivity index (χ0) is 44.7. The summed E-state index contributed by atoms with van der Waals surface area (Å²) in [5, 5.41) is 2.67. The van der Waals surface area contributed by atoms with Gasteiger partial charge in [-0.1, -0.05) is 138 Å². The maximum atomic E-state index is 2.64. The maximum absolute atomic E-state index is 2.64. The van der Waals surface area contributed by atoms with Gasteiger partial charge in [0.15, 0.2) is 6.20 Å². The average molecular weight is 825 g/mol. The van der Waals surface area contributed by atoms with Crippen LogP contribution in [0.2, 0.25) is 0 Å². The summed E-state index contributed by atoms with van der Waals surface area (Å²) in [5.74, 6) is 0. The zero-order valence-corrected chi connectivity index (χ0v) is 40.0. The minimum absolute atomic E-state index is 0.0144. The molecular formula is C59H63BN3+. The van der Waals surface area contributed by atoms with E-state index >= 15 is 0 Å². The predicted molar refractivity (Wildman–Crippen MR) is 272 cm³/mol. The van der Waals surface area contributed by atoms with E-state index in [1.807, 2.05) is 0 Å². The number of aromatic nitrogens is 2. The summed E-state index contributed by atoms with van der Waals surface area (Å²) in [6, 6.07) is 47.6. The molecule has 0 unspecified atom stereocenters. The molecular weight excluding hydrogens is 761 g/mol. The molecule has 4 heteroatoms. The van der Waals surface area contributed by atoms with Crippen LogP contribution in [0, 0.1) is 6.92 Å². The summed E-state index contributed by atoms with van der Waals surface area (Å²) in [6.45, 7) is 30.3. The molecule has 0 fully saturated rings. The van der Waals surface area contributed by atoms with E-state index in [4.69, 9.17) is 0 Å². The van der Waals surface area contributed by atoms with Crippen molar-refractivity contribution in [3.63, 3.8) is 0 Å². The van der Waals surface area contributed by atoms with Gasteiger partial charge in [0.1, 0.15) is 7.05 Å². The molecule has 0 N–H and O–H groups in total. The fraction of sp³-hybridized carbons (Fsp3) is 0.305. The van der Waals surface area contributed by atoms with Gasteiger partial charge in [0.25, 0.3) is 6.71 Å². The Morgan fingerprint density at radius 1 is 0.492 bits per heavy atom. The monoisotopic (exact) mass is 825 g/mol. The molecule has 4 heterocycles. The van der Waals surface area contributed by atoms with Gasteiger partial charge in [-0.3, -0.25) is 0 Å². The second kappa shape index (κ2) is 13.8. The van der Waals surface area contributed by atoms with Crippen LogP contribution in [-0.2, 0) is 28.7 Å². The van der Waals surface area contributed by atoms with Crippen molar-refractivity contribution in [2.45, 2.75) is 112 Å². The minimum atomic E-state index is -0.0441. The summed E-state index contributed by atoms with van der Waals surface area (Å²) in [6.07, 6.45) is 2.23. The first-order valence-corrected chi connectivity index (χ1v) is 23.0. The molecule has 0 saturated carbocycles. The third-order valence-corrected chi connectivity index (χ3v) is 14.2. The molecule has 316 valence electrons. The smallest absolute Gasteiger partial charge is 0.252 e. The molecule has 8 aromatic rings. The van der Waals surface area contributed by atoms with Gasteiger partial charge in [0.2, 0.25) is 5.69 Å². The van der Waals surface area contributed by atoms with E-state index in [0.29, 0.717) is 0 Å². The van der Waals surface area contributed by atoms with Crippen LogP contribution in [0.5, 0.6) is 0 Å². The van der Waals surface area contributed by atoms with Crippen LogP contribution in [0.25, 0.3) is 49.9 Å². The van der Waals surface area contributed by atoms with Crippen molar-refractivity contribution < 1.29 is 4.57 Å². The van der Waals surface area contributed by atoms with Gasteiger partial charge in [-0.15, -0.1) is 0 Å². The molecule has 2 aliphatic heterocycles. The molecule has 3 nitrogen and oxygen atoms in total. The standard InChI is InChI=1S/C59H63BN3/c1-36-17-15-16-18-44(36)51-29-37(27-28-61(51)14)38-30-52-54-53(31-38)63-49-25-21-40(57(5,6)7)32-45(49)46-33-42(59(11,12)13)35-48(55(46)63)60(54)47-34-41(58(8,9)10)22-26-50(47)62(52)43-23-19-39(20-24-43)56(2,3)4/h15-35H,1-14H3/q+1. The Kier molecular flexibility index (Phi) is 9.03. The van der Waals surface area contributed by atoms with Gasteiger partial charge in [0.05, 0.1) is 5.52 Å². The number of benzene rings is 6. The number of aryl methyl sites for hydroxylation is 2. The van der Waals surface area contributed by atoms with Crippen molar-refractivity contribution in [1.82, 2.24) is 4.57 Å². The first-order valence-electron chi connectivity index (χ1n) is 23.0. The number of anilines is 3. The van der Waals surface area contributed by atoms with E-state index in [1.165, 1.54) is 111 Å². The molecule has 0 amide bonds. The lowest BCUT2D eigenvalue weighted by Gasteiger charge is -2.41. The molecule has 0 atom stereocenters. The van der Waals surface area contributed by atoms with Crippen molar-refractivity contribution in [1.29, 1.82) is 0 Å². The normalized spacial score (nSPS) is 13.8. The van der Waals surface area contributed by atoms with E-state index in [2.05, 4.69) is 239 Å². The maximum Gasteiger partial charge on any atom is 0.252 e. The molecule has 63 heavy (non-hydrogen) atoms. The Hall–Kier alpha value is -5.87. The lowest BCUT2D eigenvalue weighted by Crippen LogP contribution is -2.60. The molecule has 0 radical (unpaired) electrons. The molecule has 10 rings (SSSR count). The van der Waals surface area contributed by atoms with Crippen molar-refractivity contribution in [2.24, 2.45) is 7.05 Å². The van der Waals surface area contributed by atoms with Gasteiger partial charge in [0, 0.05) is 56.7 Å². The molecule has 0 aliphatic carbocycles. The fourth-order valence-electron chi connectivity index (χ4n) is 10.3. The van der Waals surface area contributed by atoms with Crippen LogP contribution < -0.4 is 25.9 Å². The highest BCUT2D eigenvalue weighted by Gasteiger charge is 2.44. The molecule has 0 spiro atoms. The summed E-state index contributed by atoms with van der Waals surface area (Å²) in [4.78, 5) is 2.58. The lowest BCUT2D eigenvalue weighted by molar-refractivity contribution is -0.660. The van der Waals surface area contributed by atoms with Crippen LogP contribution in [-0.4, -0.2) is 11.3 Å². The van der Waals surface area contributed by atoms with E-state index in [9.17, 15) is 0 Å². The highest BCUT2D eigenvalue weighted by Crippen LogP contribution is 2.46. The number of hydrogen-bond donors (Lipinski definition) is 0. The molecule has 2 aliphatic rings. The first kappa shape index (κ1) is 41.2. The van der Waals surface area contributed by atoms with Gasteiger partial charge >= 0.3 is 0 Å². The first-order chi connectivity index (χ1) is 29.6. The molecule has 0 bridgehead atoms. The Balaban J connectivity index is 1.37. The zero-order valence-electron chi connectivity index (χ0n) is 40.0. The number of hydrogen-bond acceptors (Lipinski definition) is 1. The predicted octanol–water partition coefficient (Wildman–Crippen LogP) is 13.1. The van der Waals surface area contributed by atoms with Crippen LogP contribution in [0.4, 0.5) is 17.1 Å². The summed E-state index contributed by atoms with van der Waals surface area (Å²) in [7, 11) is 2.16. The summed E-state index contributed by atoms with van der Waals surface area (Å²) in [5.41, 5.74) is 23.2. The van der Waals surface area contributed by atoms with Crippen molar-refractivity contribution in [3.8, 4) is 28.1 Å². The molecule has 6 aromatic carbocycles. The quantitative estimate of drug-likeness (QED) is 0.128. The van der Waals surface area contributed by atoms with Gasteiger partial charge in [-0.25, -0.2) is 4.57 Å². The fourth-order valence-corrected chi connectivity index (χ4v) is 10.3. The highest BCUT2D eigenvalue weighted by atomic mass is 15.2. The van der Waals surface area contributed by atoms with Gasteiger partial charge < -0.3 is 9.47 Å². The second-order valence-corrected chi connectivity index (χ2v) is 22.8. The SMILES string of the molecule is Cc1ccccc1-c1cc(-c2cc3c4c(c2)-n2c5ccc(C(C)(C)C)cc5c5cc(C(C)(C)C)cc(c52)B4c2cc(C(C)(C)C)ccc2N3c2ccc(C(C)(C)C)cc2)cc[n+]1C. The second-order valence-electron chi connectivity index (χ2n) is 22.8. The number of nitrogens with zero attached hydrogens (tertiary/aromatic N) is 3. The largest absolute Gasteiger partial charge is 0.311 e. The van der Waals surface area contributed by atoms with Crippen LogP contribution in [0.3, 0.4) is 0 Å². The molecule has 0 saturated heterocycles. The Morgan fingerprint density at radius 3 is 1.75 bits per heavy atom. The van der Waals surface area contributed by atoms with E-state index in [-0.39, 0.29) is 28.4 Å². The van der Waals surface area contributed by atoms with Crippen molar-refractivity contribution >= 4 is 62.0 Å². The Morgan fingerprint density at radius 2 is 1.08 bits per heavy atom. The third kappa shape index (κ3) is 6.58. The van der Waals surface area contributed by atoms with E-state index in [0.717, 1.165) is 0 Å². The lowest BCUT2D eigenvalue weighted by atomic mass is 9.33. The van der Waals surface area contributed by atoms with Crippen LogP contribution in [0.15, 0.2) is 128 Å². The van der Waals surface area contributed by atoms with Gasteiger partial charge in [-0.05, 0) is 139 Å². The topological polar surface area (TPSA) is 12.1 Å².